The summed E-state index contributed by atoms with van der Waals surface area (Å²) < 4.78 is 8.57. The predicted molar refractivity (Wildman–Crippen MR) is 79.8 cm³/mol. The van der Waals surface area contributed by atoms with Gasteiger partial charge >= 0.3 is 5.97 Å². The van der Waals surface area contributed by atoms with Crippen LogP contribution in [0.4, 0.5) is 5.69 Å². The van der Waals surface area contributed by atoms with Crippen LogP contribution in [0.2, 0.25) is 0 Å². The molecular formula is C14H15N3O3S. The Morgan fingerprint density at radius 1 is 1.24 bits per heavy atom. The summed E-state index contributed by atoms with van der Waals surface area (Å²) in [6.07, 6.45) is 1.89. The minimum absolute atomic E-state index is 0.0876. The Morgan fingerprint density at radius 3 is 2.62 bits per heavy atom. The maximum absolute atomic E-state index is 11.7. The molecule has 0 fully saturated rings. The van der Waals surface area contributed by atoms with Crippen molar-refractivity contribution >= 4 is 29.1 Å². The van der Waals surface area contributed by atoms with E-state index in [9.17, 15) is 9.59 Å². The van der Waals surface area contributed by atoms with Gasteiger partial charge in [0.25, 0.3) is 0 Å². The minimum atomic E-state index is -0.360. The van der Waals surface area contributed by atoms with Crippen LogP contribution in [0.15, 0.2) is 30.5 Å². The lowest BCUT2D eigenvalue weighted by Crippen LogP contribution is -2.14. The van der Waals surface area contributed by atoms with Crippen LogP contribution >= 0.6 is 11.5 Å². The standard InChI is InChI=1S/C14H15N3O3S/c1-2-20-14(19)8-7-13(18)16-11-5-3-10(4-6-11)12-9-15-17-21-12/h3-6,9H,2,7-8H2,1H3,(H,16,18). The number of aromatic nitrogens is 2. The zero-order valence-corrected chi connectivity index (χ0v) is 12.4. The number of amides is 1. The summed E-state index contributed by atoms with van der Waals surface area (Å²) in [7, 11) is 0. The molecule has 21 heavy (non-hydrogen) atoms. The number of esters is 1. The molecule has 7 heteroatoms. The highest BCUT2D eigenvalue weighted by Crippen LogP contribution is 2.23. The Bertz CT molecular complexity index is 596. The molecule has 1 aromatic heterocycles. The maximum Gasteiger partial charge on any atom is 0.306 e. The molecule has 0 radical (unpaired) electrons. The molecule has 0 saturated heterocycles. The molecule has 1 N–H and O–H groups in total. The van der Waals surface area contributed by atoms with E-state index in [0.717, 1.165) is 10.4 Å². The maximum atomic E-state index is 11.7. The Labute approximate surface area is 126 Å². The summed E-state index contributed by atoms with van der Waals surface area (Å²) in [5.41, 5.74) is 1.68. The van der Waals surface area contributed by atoms with Gasteiger partial charge in [0.05, 0.1) is 24.1 Å². The van der Waals surface area contributed by atoms with Crippen LogP contribution in [-0.4, -0.2) is 28.1 Å². The smallest absolute Gasteiger partial charge is 0.306 e. The monoisotopic (exact) mass is 305 g/mol. The number of nitrogens with one attached hydrogen (secondary N) is 1. The second-order valence-corrected chi connectivity index (χ2v) is 5.00. The van der Waals surface area contributed by atoms with Crippen LogP contribution in [0.25, 0.3) is 10.4 Å². The van der Waals surface area contributed by atoms with Crippen molar-refractivity contribution in [3.05, 3.63) is 30.5 Å². The first-order valence-corrected chi connectivity index (χ1v) is 7.29. The van der Waals surface area contributed by atoms with Gasteiger partial charge in [0.2, 0.25) is 5.91 Å². The molecule has 0 aliphatic rings. The van der Waals surface area contributed by atoms with E-state index in [4.69, 9.17) is 4.74 Å². The third kappa shape index (κ3) is 4.64. The summed E-state index contributed by atoms with van der Waals surface area (Å²) in [5, 5.41) is 6.52. The van der Waals surface area contributed by atoms with Crippen molar-refractivity contribution in [1.82, 2.24) is 9.59 Å². The lowest BCUT2D eigenvalue weighted by atomic mass is 10.2. The number of rotatable bonds is 6. The summed E-state index contributed by atoms with van der Waals surface area (Å²) in [6.45, 7) is 2.06. The van der Waals surface area contributed by atoms with Gasteiger partial charge in [-0.05, 0) is 36.2 Å². The van der Waals surface area contributed by atoms with E-state index in [1.807, 2.05) is 12.1 Å². The number of hydrogen-bond acceptors (Lipinski definition) is 6. The quantitative estimate of drug-likeness (QED) is 0.829. The molecule has 1 aromatic carbocycles. The number of carbonyl (C=O) groups is 2. The largest absolute Gasteiger partial charge is 0.466 e. The average Bonchev–Trinajstić information content (AvgIpc) is 3.00. The van der Waals surface area contributed by atoms with Crippen molar-refractivity contribution in [3.63, 3.8) is 0 Å². The Morgan fingerprint density at radius 2 is 2.00 bits per heavy atom. The average molecular weight is 305 g/mol. The van der Waals surface area contributed by atoms with Crippen molar-refractivity contribution in [2.75, 3.05) is 11.9 Å². The van der Waals surface area contributed by atoms with Crippen LogP contribution in [0, 0.1) is 0 Å². The molecule has 2 rings (SSSR count). The second-order valence-electron chi connectivity index (χ2n) is 4.21. The van der Waals surface area contributed by atoms with Crippen LogP contribution in [0.5, 0.6) is 0 Å². The van der Waals surface area contributed by atoms with Crippen molar-refractivity contribution in [2.45, 2.75) is 19.8 Å². The van der Waals surface area contributed by atoms with E-state index in [1.54, 1.807) is 25.3 Å². The molecule has 0 aliphatic carbocycles. The van der Waals surface area contributed by atoms with Gasteiger partial charge in [-0.1, -0.05) is 16.6 Å². The van der Waals surface area contributed by atoms with Crippen LogP contribution in [0.1, 0.15) is 19.8 Å². The zero-order chi connectivity index (χ0) is 15.1. The first-order chi connectivity index (χ1) is 10.2. The first-order valence-electron chi connectivity index (χ1n) is 6.52. The van der Waals surface area contributed by atoms with Crippen molar-refractivity contribution < 1.29 is 14.3 Å². The molecule has 1 amide bonds. The number of benzene rings is 1. The normalized spacial score (nSPS) is 10.1. The summed E-state index contributed by atoms with van der Waals surface area (Å²) in [4.78, 5) is 23.8. The van der Waals surface area contributed by atoms with Gasteiger partial charge < -0.3 is 10.1 Å². The summed E-state index contributed by atoms with van der Waals surface area (Å²) >= 11 is 1.31. The van der Waals surface area contributed by atoms with Crippen LogP contribution in [0.3, 0.4) is 0 Å². The van der Waals surface area contributed by atoms with Gasteiger partial charge in [0.1, 0.15) is 0 Å². The molecule has 6 nitrogen and oxygen atoms in total. The number of anilines is 1. The molecule has 0 aliphatic heterocycles. The van der Waals surface area contributed by atoms with E-state index >= 15 is 0 Å². The molecule has 0 atom stereocenters. The highest BCUT2D eigenvalue weighted by molar-refractivity contribution is 7.09. The Hall–Kier alpha value is -2.28. The van der Waals surface area contributed by atoms with Gasteiger partial charge in [-0.2, -0.15) is 0 Å². The lowest BCUT2D eigenvalue weighted by Gasteiger charge is -2.06. The molecule has 2 aromatic rings. The van der Waals surface area contributed by atoms with Gasteiger partial charge in [-0.3, -0.25) is 9.59 Å². The highest BCUT2D eigenvalue weighted by Gasteiger charge is 2.08. The van der Waals surface area contributed by atoms with Gasteiger partial charge in [-0.25, -0.2) is 0 Å². The third-order valence-corrected chi connectivity index (χ3v) is 3.39. The second kappa shape index (κ2) is 7.49. The molecule has 0 saturated carbocycles. The number of carbonyl (C=O) groups excluding carboxylic acids is 2. The topological polar surface area (TPSA) is 81.2 Å². The fourth-order valence-corrected chi connectivity index (χ4v) is 2.20. The SMILES string of the molecule is CCOC(=O)CCC(=O)Nc1ccc(-c2cnns2)cc1. The van der Waals surface area contributed by atoms with E-state index < -0.39 is 0 Å². The van der Waals surface area contributed by atoms with E-state index in [2.05, 4.69) is 14.9 Å². The van der Waals surface area contributed by atoms with Crippen molar-refractivity contribution in [1.29, 1.82) is 0 Å². The summed E-state index contributed by atoms with van der Waals surface area (Å²) in [5.74, 6) is -0.573. The van der Waals surface area contributed by atoms with E-state index in [0.29, 0.717) is 12.3 Å². The van der Waals surface area contributed by atoms with Gasteiger partial charge in [-0.15, -0.1) is 5.10 Å². The third-order valence-electron chi connectivity index (χ3n) is 2.68. The zero-order valence-electron chi connectivity index (χ0n) is 11.5. The van der Waals surface area contributed by atoms with Crippen molar-refractivity contribution in [3.8, 4) is 10.4 Å². The number of ether oxygens (including phenoxy) is 1. The molecule has 0 unspecified atom stereocenters. The Balaban J connectivity index is 1.85. The molecule has 0 bridgehead atoms. The van der Waals surface area contributed by atoms with Crippen LogP contribution < -0.4 is 5.32 Å². The fourth-order valence-electron chi connectivity index (χ4n) is 1.68. The fraction of sp³-hybridized carbons (Fsp3) is 0.286. The molecule has 1 heterocycles. The van der Waals surface area contributed by atoms with Gasteiger partial charge in [0, 0.05) is 12.1 Å². The lowest BCUT2D eigenvalue weighted by molar-refractivity contribution is -0.144. The predicted octanol–water partition coefficient (Wildman–Crippen LogP) is 2.49. The molecule has 0 spiro atoms. The number of nitrogens with zero attached hydrogens (tertiary/aromatic N) is 2. The molecular weight excluding hydrogens is 290 g/mol. The highest BCUT2D eigenvalue weighted by atomic mass is 32.1. The minimum Gasteiger partial charge on any atom is -0.466 e. The molecule has 110 valence electrons. The van der Waals surface area contributed by atoms with Crippen molar-refractivity contribution in [2.24, 2.45) is 0 Å². The van der Waals surface area contributed by atoms with Gasteiger partial charge in [0.15, 0.2) is 0 Å². The summed E-state index contributed by atoms with van der Waals surface area (Å²) in [6, 6.07) is 7.38. The number of hydrogen-bond donors (Lipinski definition) is 1. The first kappa shape index (κ1) is 15.1. The van der Waals surface area contributed by atoms with E-state index in [-0.39, 0.29) is 24.7 Å². The Kier molecular flexibility index (Phi) is 5.39. The van der Waals surface area contributed by atoms with E-state index in [1.165, 1.54) is 11.5 Å². The van der Waals surface area contributed by atoms with Crippen LogP contribution in [-0.2, 0) is 14.3 Å².